The number of aromatic nitrogens is 3. The number of benzene rings is 2. The number of pyridine rings is 1. The third-order valence-corrected chi connectivity index (χ3v) is 6.64. The summed E-state index contributed by atoms with van der Waals surface area (Å²) in [6.45, 7) is 0. The molecule has 0 aliphatic heterocycles. The summed E-state index contributed by atoms with van der Waals surface area (Å²) in [5, 5.41) is 9.62. The average molecular weight is 496 g/mol. The molecule has 1 saturated carbocycles. The molecule has 180 valence electrons. The topological polar surface area (TPSA) is 97.3 Å². The molecule has 0 saturated heterocycles. The van der Waals surface area contributed by atoms with E-state index in [1.54, 1.807) is 18.2 Å². The maximum atomic E-state index is 14.1. The molecule has 2 N–H and O–H groups in total. The van der Waals surface area contributed by atoms with Crippen molar-refractivity contribution in [1.82, 2.24) is 15.0 Å². The van der Waals surface area contributed by atoms with Crippen LogP contribution in [0.2, 0.25) is 5.02 Å². The smallest absolute Gasteiger partial charge is 0.306 e. The lowest BCUT2D eigenvalue weighted by Gasteiger charge is -2.25. The minimum Gasteiger partial charge on any atom is -0.494 e. The number of methoxy groups -OCH3 is 1. The highest BCUT2D eigenvalue weighted by atomic mass is 35.5. The number of imidazole rings is 1. The molecule has 0 bridgehead atoms. The predicted molar refractivity (Wildman–Crippen MR) is 130 cm³/mol. The number of halogens is 2. The van der Waals surface area contributed by atoms with Crippen LogP contribution >= 0.6 is 11.6 Å². The van der Waals surface area contributed by atoms with E-state index in [4.69, 9.17) is 26.2 Å². The summed E-state index contributed by atoms with van der Waals surface area (Å²) in [6, 6.07) is 14.4. The number of nitrogens with zero attached hydrogens (tertiary/aromatic N) is 2. The summed E-state index contributed by atoms with van der Waals surface area (Å²) in [5.41, 5.74) is 4.08. The summed E-state index contributed by atoms with van der Waals surface area (Å²) in [4.78, 5) is 23.3. The minimum absolute atomic E-state index is 0.0866. The van der Waals surface area contributed by atoms with Gasteiger partial charge in [0.15, 0.2) is 17.2 Å². The third-order valence-electron chi connectivity index (χ3n) is 6.35. The Kier molecular flexibility index (Phi) is 6.30. The molecule has 9 heteroatoms. The fourth-order valence-corrected chi connectivity index (χ4v) is 4.67. The lowest BCUT2D eigenvalue weighted by atomic mass is 9.87. The molecule has 35 heavy (non-hydrogen) atoms. The molecule has 0 radical (unpaired) electrons. The van der Waals surface area contributed by atoms with E-state index in [-0.39, 0.29) is 17.8 Å². The van der Waals surface area contributed by atoms with Gasteiger partial charge >= 0.3 is 5.97 Å². The highest BCUT2D eigenvalue weighted by Gasteiger charge is 2.27. The summed E-state index contributed by atoms with van der Waals surface area (Å²) in [7, 11) is 1.43. The molecule has 0 amide bonds. The van der Waals surface area contributed by atoms with Gasteiger partial charge < -0.3 is 19.6 Å². The van der Waals surface area contributed by atoms with Gasteiger partial charge in [0.05, 0.1) is 29.3 Å². The van der Waals surface area contributed by atoms with Crippen LogP contribution in [0, 0.1) is 11.7 Å². The average Bonchev–Trinajstić information content (AvgIpc) is 3.24. The minimum atomic E-state index is -0.747. The van der Waals surface area contributed by atoms with Crippen molar-refractivity contribution in [3.63, 3.8) is 0 Å². The molecule has 2 aromatic carbocycles. The second kappa shape index (κ2) is 9.54. The van der Waals surface area contributed by atoms with Gasteiger partial charge in [-0.3, -0.25) is 4.79 Å². The van der Waals surface area contributed by atoms with Crippen molar-refractivity contribution in [2.75, 3.05) is 7.11 Å². The molecule has 4 aromatic rings. The second-order valence-corrected chi connectivity index (χ2v) is 9.00. The fraction of sp³-hybridized carbons (Fsp3) is 0.269. The summed E-state index contributed by atoms with van der Waals surface area (Å²) in [5.74, 6) is -1.27. The van der Waals surface area contributed by atoms with Gasteiger partial charge in [-0.2, -0.15) is 4.98 Å². The number of H-pyrrole nitrogens is 1. The first-order chi connectivity index (χ1) is 16.9. The SMILES string of the molecule is COc1ccc(-c2ccc(-c3nc4nc(OC5CCC(C(=O)O)CC5)[nH]c4cc3Cl)cc2)cc1F. The lowest BCUT2D eigenvalue weighted by Crippen LogP contribution is -2.28. The predicted octanol–water partition coefficient (Wildman–Crippen LogP) is 6.12. The number of aromatic amines is 1. The summed E-state index contributed by atoms with van der Waals surface area (Å²) in [6.07, 6.45) is 2.42. The zero-order valence-electron chi connectivity index (χ0n) is 18.9. The molecule has 1 fully saturated rings. The van der Waals surface area contributed by atoms with E-state index in [0.29, 0.717) is 53.6 Å². The quantitative estimate of drug-likeness (QED) is 0.334. The van der Waals surface area contributed by atoms with Gasteiger partial charge in [-0.05, 0) is 55.0 Å². The van der Waals surface area contributed by atoms with Crippen LogP contribution in [0.4, 0.5) is 4.39 Å². The zero-order valence-corrected chi connectivity index (χ0v) is 19.7. The molecule has 7 nitrogen and oxygen atoms in total. The number of ether oxygens (including phenoxy) is 2. The normalized spacial score (nSPS) is 17.9. The van der Waals surface area contributed by atoms with Crippen molar-refractivity contribution in [2.45, 2.75) is 31.8 Å². The van der Waals surface area contributed by atoms with Crippen LogP contribution in [0.3, 0.4) is 0 Å². The van der Waals surface area contributed by atoms with Gasteiger partial charge in [0.2, 0.25) is 0 Å². The van der Waals surface area contributed by atoms with Crippen LogP contribution in [-0.2, 0) is 4.79 Å². The Morgan fingerprint density at radius 2 is 1.71 bits per heavy atom. The number of hydrogen-bond acceptors (Lipinski definition) is 5. The van der Waals surface area contributed by atoms with E-state index in [1.165, 1.54) is 13.2 Å². The van der Waals surface area contributed by atoms with Crippen LogP contribution in [0.1, 0.15) is 25.7 Å². The fourth-order valence-electron chi connectivity index (χ4n) is 4.41. The van der Waals surface area contributed by atoms with E-state index in [1.807, 2.05) is 24.3 Å². The van der Waals surface area contributed by atoms with Crippen molar-refractivity contribution in [2.24, 2.45) is 5.92 Å². The number of carbonyl (C=O) groups is 1. The van der Waals surface area contributed by atoms with Crippen LogP contribution in [0.5, 0.6) is 11.8 Å². The molecule has 1 aliphatic carbocycles. The molecule has 0 spiro atoms. The molecule has 2 aromatic heterocycles. The number of rotatable bonds is 6. The zero-order chi connectivity index (χ0) is 24.5. The summed E-state index contributed by atoms with van der Waals surface area (Å²) < 4.78 is 25.0. The molecular weight excluding hydrogens is 473 g/mol. The van der Waals surface area contributed by atoms with Gasteiger partial charge in [0.1, 0.15) is 6.10 Å². The lowest BCUT2D eigenvalue weighted by molar-refractivity contribution is -0.143. The van der Waals surface area contributed by atoms with E-state index in [2.05, 4.69) is 15.0 Å². The number of aliphatic carboxylic acids is 1. The Hall–Kier alpha value is -3.65. The van der Waals surface area contributed by atoms with Gasteiger partial charge in [-0.1, -0.05) is 41.9 Å². The maximum absolute atomic E-state index is 14.1. The Bertz CT molecular complexity index is 1380. The Morgan fingerprint density at radius 3 is 2.37 bits per heavy atom. The number of carboxylic acid groups (broad SMARTS) is 1. The first-order valence-corrected chi connectivity index (χ1v) is 11.7. The molecule has 1 aliphatic rings. The molecule has 0 atom stereocenters. The largest absolute Gasteiger partial charge is 0.494 e. The Labute approximate surface area is 205 Å². The van der Waals surface area contributed by atoms with Crippen molar-refractivity contribution in [3.05, 3.63) is 59.4 Å². The van der Waals surface area contributed by atoms with Crippen molar-refractivity contribution >= 4 is 28.7 Å². The standard InChI is InChI=1S/C26H23ClFN3O4/c1-34-22-11-8-17(12-20(22)28)14-2-4-15(5-3-14)23-19(27)13-21-24(30-23)31-26(29-21)35-18-9-6-16(7-10-18)25(32)33/h2-5,8,11-13,16,18H,6-7,9-10H2,1H3,(H,32,33)(H,29,30,31). The van der Waals surface area contributed by atoms with Crippen molar-refractivity contribution in [3.8, 4) is 34.1 Å². The third kappa shape index (κ3) is 4.79. The molecule has 2 heterocycles. The molecular formula is C26H23ClFN3O4. The highest BCUT2D eigenvalue weighted by Crippen LogP contribution is 2.33. The summed E-state index contributed by atoms with van der Waals surface area (Å²) >= 11 is 6.53. The second-order valence-electron chi connectivity index (χ2n) is 8.59. The Balaban J connectivity index is 1.35. The van der Waals surface area contributed by atoms with Crippen LogP contribution in [0.25, 0.3) is 33.5 Å². The first-order valence-electron chi connectivity index (χ1n) is 11.3. The molecule has 5 rings (SSSR count). The van der Waals surface area contributed by atoms with Gasteiger partial charge in [0, 0.05) is 5.56 Å². The number of fused-ring (bicyclic) bond motifs is 1. The van der Waals surface area contributed by atoms with E-state index >= 15 is 0 Å². The number of hydrogen-bond donors (Lipinski definition) is 2. The van der Waals surface area contributed by atoms with E-state index in [0.717, 1.165) is 16.7 Å². The van der Waals surface area contributed by atoms with Gasteiger partial charge in [-0.25, -0.2) is 9.37 Å². The van der Waals surface area contributed by atoms with E-state index < -0.39 is 11.8 Å². The van der Waals surface area contributed by atoms with Crippen LogP contribution < -0.4 is 9.47 Å². The van der Waals surface area contributed by atoms with Gasteiger partial charge in [-0.15, -0.1) is 0 Å². The molecule has 0 unspecified atom stereocenters. The van der Waals surface area contributed by atoms with E-state index in [9.17, 15) is 9.18 Å². The number of carboxylic acids is 1. The maximum Gasteiger partial charge on any atom is 0.306 e. The Morgan fingerprint density at radius 1 is 1.03 bits per heavy atom. The van der Waals surface area contributed by atoms with Crippen molar-refractivity contribution < 1.29 is 23.8 Å². The first kappa shape index (κ1) is 23.1. The van der Waals surface area contributed by atoms with Crippen molar-refractivity contribution in [1.29, 1.82) is 0 Å². The van der Waals surface area contributed by atoms with Crippen LogP contribution in [0.15, 0.2) is 48.5 Å². The highest BCUT2D eigenvalue weighted by molar-refractivity contribution is 6.33. The monoisotopic (exact) mass is 495 g/mol. The van der Waals surface area contributed by atoms with Gasteiger partial charge in [0.25, 0.3) is 6.01 Å². The number of nitrogens with one attached hydrogen (secondary N) is 1. The van der Waals surface area contributed by atoms with Crippen LogP contribution in [-0.4, -0.2) is 39.2 Å².